The summed E-state index contributed by atoms with van der Waals surface area (Å²) in [6.07, 6.45) is 2.18. The zero-order chi connectivity index (χ0) is 19.9. The van der Waals surface area contributed by atoms with Gasteiger partial charge in [-0.15, -0.1) is 0 Å². The zero-order valence-electron chi connectivity index (χ0n) is 16.0. The van der Waals surface area contributed by atoms with Crippen molar-refractivity contribution in [2.45, 2.75) is 31.7 Å². The molecular weight excluding hydrogens is 359 g/mol. The summed E-state index contributed by atoms with van der Waals surface area (Å²) in [7, 11) is 1.57. The van der Waals surface area contributed by atoms with E-state index >= 15 is 0 Å². The van der Waals surface area contributed by atoms with E-state index in [4.69, 9.17) is 4.74 Å². The van der Waals surface area contributed by atoms with Crippen molar-refractivity contribution >= 4 is 17.4 Å². The number of hydrogen-bond donors (Lipinski definition) is 1. The predicted molar refractivity (Wildman–Crippen MR) is 106 cm³/mol. The van der Waals surface area contributed by atoms with Crippen molar-refractivity contribution in [1.82, 2.24) is 4.90 Å². The minimum atomic E-state index is -0.286. The first-order chi connectivity index (χ1) is 13.5. The molecule has 2 aromatic rings. The Morgan fingerprint density at radius 1 is 1.18 bits per heavy atom. The number of benzene rings is 2. The van der Waals surface area contributed by atoms with Gasteiger partial charge in [0.05, 0.1) is 7.11 Å². The number of nitrogens with one attached hydrogen (secondary N) is 1. The first-order valence-electron chi connectivity index (χ1n) is 9.52. The molecule has 0 saturated carbocycles. The van der Waals surface area contributed by atoms with Crippen molar-refractivity contribution < 1.29 is 18.7 Å². The van der Waals surface area contributed by atoms with Crippen molar-refractivity contribution in [3.05, 3.63) is 59.9 Å². The molecule has 5 nitrogen and oxygen atoms in total. The Kier molecular flexibility index (Phi) is 6.63. The van der Waals surface area contributed by atoms with E-state index < -0.39 is 0 Å². The minimum Gasteiger partial charge on any atom is -0.497 e. The number of carbonyl (C=O) groups excluding carboxylic acids is 2. The fourth-order valence-electron chi connectivity index (χ4n) is 3.44. The topological polar surface area (TPSA) is 58.6 Å². The summed E-state index contributed by atoms with van der Waals surface area (Å²) in [5, 5.41) is 3.30. The highest BCUT2D eigenvalue weighted by Crippen LogP contribution is 2.19. The zero-order valence-corrected chi connectivity index (χ0v) is 16.0. The summed E-state index contributed by atoms with van der Waals surface area (Å²) in [5.74, 6) is 0.332. The van der Waals surface area contributed by atoms with Gasteiger partial charge in [0.15, 0.2) is 5.78 Å². The number of rotatable bonds is 7. The van der Waals surface area contributed by atoms with Gasteiger partial charge in [-0.1, -0.05) is 6.07 Å². The molecule has 1 aliphatic heterocycles. The van der Waals surface area contributed by atoms with Gasteiger partial charge in [0.2, 0.25) is 5.91 Å². The molecule has 0 spiro atoms. The summed E-state index contributed by atoms with van der Waals surface area (Å²) < 4.78 is 18.4. The lowest BCUT2D eigenvalue weighted by Gasteiger charge is -2.33. The molecule has 1 saturated heterocycles. The van der Waals surface area contributed by atoms with Crippen LogP contribution in [-0.4, -0.2) is 42.8 Å². The monoisotopic (exact) mass is 384 g/mol. The molecular formula is C22H25FN2O3. The van der Waals surface area contributed by atoms with E-state index in [1.165, 1.54) is 12.1 Å². The first-order valence-corrected chi connectivity index (χ1v) is 9.52. The SMILES string of the molecule is COc1ccc(C(=O)CCC(=O)N2CCC[C@H](Nc3cccc(F)c3)C2)cc1. The summed E-state index contributed by atoms with van der Waals surface area (Å²) in [6.45, 7) is 1.25. The number of methoxy groups -OCH3 is 1. The van der Waals surface area contributed by atoms with Crippen molar-refractivity contribution in [2.24, 2.45) is 0 Å². The van der Waals surface area contributed by atoms with Gasteiger partial charge in [-0.3, -0.25) is 9.59 Å². The average molecular weight is 384 g/mol. The fraction of sp³-hybridized carbons (Fsp3) is 0.364. The molecule has 0 aliphatic carbocycles. The van der Waals surface area contributed by atoms with Crippen LogP contribution in [0.5, 0.6) is 5.75 Å². The van der Waals surface area contributed by atoms with E-state index in [1.54, 1.807) is 42.3 Å². The van der Waals surface area contributed by atoms with Crippen LogP contribution in [0.2, 0.25) is 0 Å². The molecule has 0 radical (unpaired) electrons. The Bertz CT molecular complexity index is 823. The largest absolute Gasteiger partial charge is 0.497 e. The standard InChI is InChI=1S/C22H25FN2O3/c1-28-20-9-7-16(8-10-20)21(26)11-12-22(27)25-13-3-6-19(15-25)24-18-5-2-4-17(23)14-18/h2,4-5,7-10,14,19,24H,3,6,11-13,15H2,1H3/t19-/m0/s1. The van der Waals surface area contributed by atoms with E-state index in [1.807, 2.05) is 6.07 Å². The van der Waals surface area contributed by atoms with E-state index in [2.05, 4.69) is 5.32 Å². The number of amides is 1. The minimum absolute atomic E-state index is 0.0207. The maximum atomic E-state index is 13.3. The van der Waals surface area contributed by atoms with E-state index in [0.717, 1.165) is 12.8 Å². The highest BCUT2D eigenvalue weighted by atomic mass is 19.1. The van der Waals surface area contributed by atoms with E-state index in [0.29, 0.717) is 30.1 Å². The van der Waals surface area contributed by atoms with Crippen LogP contribution in [0.3, 0.4) is 0 Å². The Balaban J connectivity index is 1.50. The number of anilines is 1. The quantitative estimate of drug-likeness (QED) is 0.736. The second kappa shape index (κ2) is 9.35. The number of ketones is 1. The Morgan fingerprint density at radius 2 is 1.96 bits per heavy atom. The lowest BCUT2D eigenvalue weighted by atomic mass is 10.0. The van der Waals surface area contributed by atoms with Crippen LogP contribution in [0.15, 0.2) is 48.5 Å². The van der Waals surface area contributed by atoms with Crippen LogP contribution in [0, 0.1) is 5.82 Å². The summed E-state index contributed by atoms with van der Waals surface area (Å²) >= 11 is 0. The Hall–Kier alpha value is -2.89. The molecule has 0 aromatic heterocycles. The number of likely N-dealkylation sites (tertiary alicyclic amines) is 1. The molecule has 3 rings (SSSR count). The van der Waals surface area contributed by atoms with Gasteiger partial charge < -0.3 is 15.0 Å². The molecule has 6 heteroatoms. The number of hydrogen-bond acceptors (Lipinski definition) is 4. The second-order valence-corrected chi connectivity index (χ2v) is 6.99. The Labute approximate surface area is 164 Å². The molecule has 1 N–H and O–H groups in total. The third-order valence-electron chi connectivity index (χ3n) is 4.95. The number of ether oxygens (including phenoxy) is 1. The molecule has 28 heavy (non-hydrogen) atoms. The normalized spacial score (nSPS) is 16.5. The maximum absolute atomic E-state index is 13.3. The molecule has 0 unspecified atom stereocenters. The number of Topliss-reactive ketones (excluding diaryl/α,β-unsaturated/α-hetero) is 1. The van der Waals surface area contributed by atoms with Crippen LogP contribution in [0.4, 0.5) is 10.1 Å². The third kappa shape index (κ3) is 5.31. The third-order valence-corrected chi connectivity index (χ3v) is 4.95. The van der Waals surface area contributed by atoms with Gasteiger partial charge >= 0.3 is 0 Å². The highest BCUT2D eigenvalue weighted by molar-refractivity contribution is 5.98. The molecule has 0 bridgehead atoms. The number of halogens is 1. The molecule has 1 heterocycles. The van der Waals surface area contributed by atoms with Gasteiger partial charge in [-0.05, 0) is 55.3 Å². The van der Waals surface area contributed by atoms with Gasteiger partial charge in [-0.25, -0.2) is 4.39 Å². The molecule has 148 valence electrons. The van der Waals surface area contributed by atoms with Crippen LogP contribution >= 0.6 is 0 Å². The molecule has 1 aliphatic rings. The summed E-state index contributed by atoms with van der Waals surface area (Å²) in [6, 6.07) is 13.3. The Morgan fingerprint density at radius 3 is 2.68 bits per heavy atom. The van der Waals surface area contributed by atoms with Gasteiger partial charge in [-0.2, -0.15) is 0 Å². The van der Waals surface area contributed by atoms with Gasteiger partial charge in [0.1, 0.15) is 11.6 Å². The van der Waals surface area contributed by atoms with Crippen molar-refractivity contribution in [2.75, 3.05) is 25.5 Å². The van der Waals surface area contributed by atoms with Crippen LogP contribution in [0.1, 0.15) is 36.0 Å². The van der Waals surface area contributed by atoms with Crippen LogP contribution in [0.25, 0.3) is 0 Å². The highest BCUT2D eigenvalue weighted by Gasteiger charge is 2.24. The van der Waals surface area contributed by atoms with E-state index in [-0.39, 0.29) is 36.4 Å². The van der Waals surface area contributed by atoms with Gasteiger partial charge in [0, 0.05) is 43.2 Å². The van der Waals surface area contributed by atoms with Gasteiger partial charge in [0.25, 0.3) is 0 Å². The number of nitrogens with zero attached hydrogens (tertiary/aromatic N) is 1. The smallest absolute Gasteiger partial charge is 0.223 e. The predicted octanol–water partition coefficient (Wildman–Crippen LogP) is 3.90. The number of carbonyl (C=O) groups is 2. The lowest BCUT2D eigenvalue weighted by molar-refractivity contribution is -0.132. The van der Waals surface area contributed by atoms with Crippen LogP contribution < -0.4 is 10.1 Å². The average Bonchev–Trinajstić information content (AvgIpc) is 2.72. The molecule has 2 aromatic carbocycles. The molecule has 1 atom stereocenters. The van der Waals surface area contributed by atoms with Crippen LogP contribution in [-0.2, 0) is 4.79 Å². The van der Waals surface area contributed by atoms with Crippen molar-refractivity contribution in [3.63, 3.8) is 0 Å². The summed E-state index contributed by atoms with van der Waals surface area (Å²) in [4.78, 5) is 26.7. The van der Waals surface area contributed by atoms with Crippen molar-refractivity contribution in [1.29, 1.82) is 0 Å². The molecule has 1 fully saturated rings. The second-order valence-electron chi connectivity index (χ2n) is 6.99. The fourth-order valence-corrected chi connectivity index (χ4v) is 3.44. The first kappa shape index (κ1) is 19.9. The maximum Gasteiger partial charge on any atom is 0.223 e. The number of piperidine rings is 1. The molecule has 1 amide bonds. The van der Waals surface area contributed by atoms with Crippen molar-refractivity contribution in [3.8, 4) is 5.75 Å². The van der Waals surface area contributed by atoms with E-state index in [9.17, 15) is 14.0 Å². The lowest BCUT2D eigenvalue weighted by Crippen LogP contribution is -2.45. The summed E-state index contributed by atoms with van der Waals surface area (Å²) in [5.41, 5.74) is 1.30.